The highest BCUT2D eigenvalue weighted by molar-refractivity contribution is 7.89. The molecule has 1 atom stereocenters. The minimum Gasteiger partial charge on any atom is -0.419 e. The third kappa shape index (κ3) is 4.15. The molecule has 0 bridgehead atoms. The first-order valence-electron chi connectivity index (χ1n) is 9.23. The molecule has 0 radical (unpaired) electrons. The summed E-state index contributed by atoms with van der Waals surface area (Å²) in [6.45, 7) is 5.16. The summed E-state index contributed by atoms with van der Waals surface area (Å²) in [4.78, 5) is 4.48. The number of aromatic nitrogens is 1. The third-order valence-corrected chi connectivity index (χ3v) is 6.69. The molecule has 1 aliphatic rings. The Morgan fingerprint density at radius 2 is 1.93 bits per heavy atom. The van der Waals surface area contributed by atoms with Gasteiger partial charge in [0.15, 0.2) is 0 Å². The maximum Gasteiger partial charge on any atom is 0.243 e. The fraction of sp³-hybridized carbons (Fsp3) is 0.474. The monoisotopic (exact) mass is 388 g/mol. The Morgan fingerprint density at radius 3 is 2.52 bits per heavy atom. The van der Waals surface area contributed by atoms with Crippen molar-refractivity contribution in [1.29, 1.82) is 5.26 Å². The molecule has 1 N–H and O–H groups in total. The van der Waals surface area contributed by atoms with Crippen LogP contribution in [0.1, 0.15) is 45.2 Å². The summed E-state index contributed by atoms with van der Waals surface area (Å²) >= 11 is 0. The van der Waals surface area contributed by atoms with E-state index in [1.165, 1.54) is 0 Å². The summed E-state index contributed by atoms with van der Waals surface area (Å²) in [7, 11) is -3.47. The first kappa shape index (κ1) is 19.4. The Hall–Kier alpha value is -2.37. The number of piperidine rings is 1. The highest BCUT2D eigenvalue weighted by atomic mass is 32.2. The predicted octanol–water partition coefficient (Wildman–Crippen LogP) is 3.60. The lowest BCUT2D eigenvalue weighted by Crippen LogP contribution is -2.35. The maximum atomic E-state index is 12.7. The maximum absolute atomic E-state index is 12.7. The van der Waals surface area contributed by atoms with E-state index in [0.717, 1.165) is 25.7 Å². The Labute approximate surface area is 160 Å². The Bertz CT molecular complexity index is 923. The number of oxazole rings is 1. The van der Waals surface area contributed by atoms with Gasteiger partial charge in [0.05, 0.1) is 4.90 Å². The predicted molar refractivity (Wildman–Crippen MR) is 103 cm³/mol. The van der Waals surface area contributed by atoms with Gasteiger partial charge in [-0.25, -0.2) is 8.42 Å². The van der Waals surface area contributed by atoms with Crippen molar-refractivity contribution in [3.63, 3.8) is 0 Å². The normalized spacial score (nSPS) is 16.6. The van der Waals surface area contributed by atoms with Gasteiger partial charge in [-0.2, -0.15) is 14.6 Å². The van der Waals surface area contributed by atoms with Crippen molar-refractivity contribution in [1.82, 2.24) is 9.29 Å². The topological polar surface area (TPSA) is 99.2 Å². The van der Waals surface area contributed by atoms with Crippen molar-refractivity contribution in [2.45, 2.75) is 50.5 Å². The first-order chi connectivity index (χ1) is 13.0. The van der Waals surface area contributed by atoms with Gasteiger partial charge in [-0.3, -0.25) is 0 Å². The highest BCUT2D eigenvalue weighted by Gasteiger charge is 2.26. The van der Waals surface area contributed by atoms with E-state index in [2.05, 4.69) is 10.3 Å². The van der Waals surface area contributed by atoms with Crippen LogP contribution >= 0.6 is 0 Å². The minimum absolute atomic E-state index is 0.148. The molecule has 0 spiro atoms. The van der Waals surface area contributed by atoms with E-state index in [-0.39, 0.29) is 16.6 Å². The molecule has 1 aromatic heterocycles. The van der Waals surface area contributed by atoms with Crippen LogP contribution in [-0.2, 0) is 10.0 Å². The number of hydrogen-bond acceptors (Lipinski definition) is 6. The zero-order valence-corrected chi connectivity index (χ0v) is 16.4. The molecule has 3 rings (SSSR count). The smallest absolute Gasteiger partial charge is 0.243 e. The van der Waals surface area contributed by atoms with E-state index in [1.807, 2.05) is 19.9 Å². The Morgan fingerprint density at radius 1 is 1.26 bits per heavy atom. The van der Waals surface area contributed by atoms with Crippen molar-refractivity contribution in [2.24, 2.45) is 0 Å². The Balaban J connectivity index is 1.84. The summed E-state index contributed by atoms with van der Waals surface area (Å²) in [5.41, 5.74) is 0.816. The van der Waals surface area contributed by atoms with Gasteiger partial charge in [0.1, 0.15) is 6.07 Å². The fourth-order valence-corrected chi connectivity index (χ4v) is 4.48. The van der Waals surface area contributed by atoms with Crippen LogP contribution in [0, 0.1) is 11.3 Å². The second kappa shape index (κ2) is 8.11. The zero-order valence-electron chi connectivity index (χ0n) is 15.6. The Kier molecular flexibility index (Phi) is 5.82. The minimum atomic E-state index is -3.47. The number of anilines is 1. The largest absolute Gasteiger partial charge is 0.419 e. The van der Waals surface area contributed by atoms with Crippen molar-refractivity contribution < 1.29 is 12.8 Å². The number of sulfonamides is 1. The molecule has 1 unspecified atom stereocenters. The number of nitrogens with zero attached hydrogens (tertiary/aromatic N) is 3. The highest BCUT2D eigenvalue weighted by Crippen LogP contribution is 2.28. The van der Waals surface area contributed by atoms with Crippen molar-refractivity contribution in [3.8, 4) is 17.5 Å². The molecule has 27 heavy (non-hydrogen) atoms. The molecule has 8 heteroatoms. The first-order valence-corrected chi connectivity index (χ1v) is 10.7. The molecule has 0 aliphatic carbocycles. The zero-order chi connectivity index (χ0) is 19.4. The quantitative estimate of drug-likeness (QED) is 0.812. The van der Waals surface area contributed by atoms with Crippen molar-refractivity contribution in [2.75, 3.05) is 18.4 Å². The number of benzene rings is 1. The lowest BCUT2D eigenvalue weighted by Gasteiger charge is -2.25. The van der Waals surface area contributed by atoms with Gasteiger partial charge < -0.3 is 9.73 Å². The molecular weight excluding hydrogens is 364 g/mol. The van der Waals surface area contributed by atoms with Gasteiger partial charge in [0.25, 0.3) is 0 Å². The molecule has 7 nitrogen and oxygen atoms in total. The second-order valence-electron chi connectivity index (χ2n) is 6.75. The average molecular weight is 388 g/mol. The molecule has 144 valence electrons. The molecule has 0 amide bonds. The summed E-state index contributed by atoms with van der Waals surface area (Å²) < 4.78 is 32.7. The van der Waals surface area contributed by atoms with Crippen LogP contribution in [0.5, 0.6) is 0 Å². The average Bonchev–Trinajstić information content (AvgIpc) is 3.11. The van der Waals surface area contributed by atoms with Crippen molar-refractivity contribution >= 4 is 15.9 Å². The van der Waals surface area contributed by atoms with Crippen LogP contribution in [-0.4, -0.2) is 36.8 Å². The summed E-state index contributed by atoms with van der Waals surface area (Å²) in [6, 6.07) is 8.63. The summed E-state index contributed by atoms with van der Waals surface area (Å²) in [5.74, 6) is 0.631. The van der Waals surface area contributed by atoms with E-state index < -0.39 is 10.0 Å². The molecule has 2 heterocycles. The third-order valence-electron chi connectivity index (χ3n) is 4.78. The number of rotatable bonds is 6. The molecule has 1 fully saturated rings. The molecule has 1 aliphatic heterocycles. The van der Waals surface area contributed by atoms with E-state index in [9.17, 15) is 13.7 Å². The number of nitriles is 1. The van der Waals surface area contributed by atoms with E-state index in [0.29, 0.717) is 30.4 Å². The van der Waals surface area contributed by atoms with E-state index >= 15 is 0 Å². The molecule has 1 saturated heterocycles. The van der Waals surface area contributed by atoms with Crippen LogP contribution in [0.15, 0.2) is 33.6 Å². The molecule has 0 saturated carbocycles. The molecule has 2 aromatic rings. The van der Waals surface area contributed by atoms with Gasteiger partial charge >= 0.3 is 0 Å². The SMILES string of the molecule is CCC(C)Nc1oc(-c2ccc(S(=O)(=O)N3CCCCC3)cc2)nc1C#N. The van der Waals surface area contributed by atoms with Crippen LogP contribution in [0.3, 0.4) is 0 Å². The van der Waals surface area contributed by atoms with Crippen LogP contribution in [0.2, 0.25) is 0 Å². The van der Waals surface area contributed by atoms with Gasteiger partial charge in [-0.1, -0.05) is 13.3 Å². The fourth-order valence-electron chi connectivity index (χ4n) is 2.97. The van der Waals surface area contributed by atoms with Gasteiger partial charge in [0, 0.05) is 24.7 Å². The van der Waals surface area contributed by atoms with E-state index in [1.54, 1.807) is 28.6 Å². The van der Waals surface area contributed by atoms with E-state index in [4.69, 9.17) is 4.42 Å². The van der Waals surface area contributed by atoms with Crippen LogP contribution < -0.4 is 5.32 Å². The second-order valence-corrected chi connectivity index (χ2v) is 8.69. The molecule has 1 aromatic carbocycles. The standard InChI is InChI=1S/C19H24N4O3S/c1-3-14(2)21-19-17(13-20)22-18(26-19)15-7-9-16(10-8-15)27(24,25)23-11-5-4-6-12-23/h7-10,14,21H,3-6,11-12H2,1-2H3. The lowest BCUT2D eigenvalue weighted by atomic mass is 10.2. The number of nitrogens with one attached hydrogen (secondary N) is 1. The van der Waals surface area contributed by atoms with Gasteiger partial charge in [0.2, 0.25) is 27.5 Å². The van der Waals surface area contributed by atoms with Gasteiger partial charge in [-0.05, 0) is 50.5 Å². The van der Waals surface area contributed by atoms with Crippen LogP contribution in [0.25, 0.3) is 11.5 Å². The number of hydrogen-bond donors (Lipinski definition) is 1. The van der Waals surface area contributed by atoms with Crippen molar-refractivity contribution in [3.05, 3.63) is 30.0 Å². The van der Waals surface area contributed by atoms with Gasteiger partial charge in [-0.15, -0.1) is 0 Å². The van der Waals surface area contributed by atoms with Crippen LogP contribution in [0.4, 0.5) is 5.88 Å². The summed E-state index contributed by atoms with van der Waals surface area (Å²) in [5, 5.41) is 12.4. The summed E-state index contributed by atoms with van der Waals surface area (Å²) in [6.07, 6.45) is 3.75. The lowest BCUT2D eigenvalue weighted by molar-refractivity contribution is 0.346. The molecular formula is C19H24N4O3S.